The summed E-state index contributed by atoms with van der Waals surface area (Å²) in [5.41, 5.74) is 2.41. The van der Waals surface area contributed by atoms with Crippen LogP contribution >= 0.6 is 0 Å². The zero-order valence-corrected chi connectivity index (χ0v) is 10.2. The first kappa shape index (κ1) is 13.3. The second kappa shape index (κ2) is 5.22. The van der Waals surface area contributed by atoms with E-state index >= 15 is 0 Å². The van der Waals surface area contributed by atoms with Crippen LogP contribution < -0.4 is 10.1 Å². The molecule has 0 aliphatic carbocycles. The van der Waals surface area contributed by atoms with Gasteiger partial charge in [0, 0.05) is 17.4 Å². The summed E-state index contributed by atoms with van der Waals surface area (Å²) in [7, 11) is 0. The van der Waals surface area contributed by atoms with Crippen molar-refractivity contribution in [1.29, 1.82) is 0 Å². The van der Waals surface area contributed by atoms with Gasteiger partial charge in [-0.2, -0.15) is 0 Å². The number of rotatable bonds is 3. The number of hydrogen-bond acceptors (Lipinski definition) is 2. The third-order valence-corrected chi connectivity index (χ3v) is 2.37. The van der Waals surface area contributed by atoms with Crippen molar-refractivity contribution in [3.63, 3.8) is 0 Å². The van der Waals surface area contributed by atoms with Crippen LogP contribution in [0.5, 0.6) is 5.75 Å². The number of halogens is 3. The fraction of sp³-hybridized carbons (Fsp3) is 0.143. The Bertz CT molecular complexity index is 567. The molecule has 0 bridgehead atoms. The summed E-state index contributed by atoms with van der Waals surface area (Å²) in [6.07, 6.45) is -4.68. The monoisotopic (exact) mass is 267 g/mol. The summed E-state index contributed by atoms with van der Waals surface area (Å²) in [6.45, 7) is 1.94. The number of hydrogen-bond donors (Lipinski definition) is 1. The molecular formula is C14H12F3NO. The van der Waals surface area contributed by atoms with Crippen molar-refractivity contribution in [2.75, 3.05) is 5.32 Å². The molecule has 0 spiro atoms. The molecule has 0 atom stereocenters. The van der Waals surface area contributed by atoms with Crippen LogP contribution in [0.25, 0.3) is 0 Å². The average Bonchev–Trinajstić information content (AvgIpc) is 2.27. The minimum absolute atomic E-state index is 0.245. The van der Waals surface area contributed by atoms with Crippen molar-refractivity contribution in [3.05, 3.63) is 54.1 Å². The van der Waals surface area contributed by atoms with E-state index in [0.29, 0.717) is 5.69 Å². The lowest BCUT2D eigenvalue weighted by Gasteiger charge is -2.11. The second-order valence-electron chi connectivity index (χ2n) is 4.07. The van der Waals surface area contributed by atoms with Crippen LogP contribution in [0.3, 0.4) is 0 Å². The van der Waals surface area contributed by atoms with Crippen molar-refractivity contribution in [2.24, 2.45) is 0 Å². The fourth-order valence-electron chi connectivity index (χ4n) is 1.66. The maximum atomic E-state index is 12.1. The highest BCUT2D eigenvalue weighted by Gasteiger charge is 2.31. The number of anilines is 2. The molecule has 0 radical (unpaired) electrons. The first-order valence-corrected chi connectivity index (χ1v) is 5.62. The Labute approximate surface area is 108 Å². The second-order valence-corrected chi connectivity index (χ2v) is 4.07. The minimum Gasteiger partial charge on any atom is -0.406 e. The van der Waals surface area contributed by atoms with Gasteiger partial charge in [-0.3, -0.25) is 0 Å². The molecule has 0 unspecified atom stereocenters. The average molecular weight is 267 g/mol. The van der Waals surface area contributed by atoms with Gasteiger partial charge in [0.15, 0.2) is 0 Å². The molecule has 5 heteroatoms. The van der Waals surface area contributed by atoms with Gasteiger partial charge in [-0.1, -0.05) is 18.2 Å². The zero-order chi connectivity index (χ0) is 13.9. The highest BCUT2D eigenvalue weighted by Crippen LogP contribution is 2.26. The van der Waals surface area contributed by atoms with Crippen LogP contribution in [0.4, 0.5) is 24.5 Å². The number of ether oxygens (including phenoxy) is 1. The molecule has 0 saturated heterocycles. The zero-order valence-electron chi connectivity index (χ0n) is 10.2. The first-order valence-electron chi connectivity index (χ1n) is 5.62. The Morgan fingerprint density at radius 2 is 1.58 bits per heavy atom. The maximum Gasteiger partial charge on any atom is 0.573 e. The number of benzene rings is 2. The Kier molecular flexibility index (Phi) is 3.64. The largest absolute Gasteiger partial charge is 0.573 e. The normalized spacial score (nSPS) is 11.2. The third kappa shape index (κ3) is 4.21. The third-order valence-electron chi connectivity index (χ3n) is 2.37. The summed E-state index contributed by atoms with van der Waals surface area (Å²) in [4.78, 5) is 0. The predicted octanol–water partition coefficient (Wildman–Crippen LogP) is 4.64. The van der Waals surface area contributed by atoms with Crippen LogP contribution in [0, 0.1) is 6.92 Å². The van der Waals surface area contributed by atoms with Crippen molar-refractivity contribution >= 4 is 11.4 Å². The van der Waals surface area contributed by atoms with Crippen LogP contribution in [-0.4, -0.2) is 6.36 Å². The molecule has 2 nitrogen and oxygen atoms in total. The van der Waals surface area contributed by atoms with E-state index in [1.807, 2.05) is 31.2 Å². The Hall–Kier alpha value is -2.17. The highest BCUT2D eigenvalue weighted by molar-refractivity contribution is 5.61. The van der Waals surface area contributed by atoms with E-state index in [4.69, 9.17) is 0 Å². The van der Waals surface area contributed by atoms with Crippen LogP contribution in [0.1, 0.15) is 5.56 Å². The van der Waals surface area contributed by atoms with E-state index in [2.05, 4.69) is 10.1 Å². The quantitative estimate of drug-likeness (QED) is 0.874. The van der Waals surface area contributed by atoms with Gasteiger partial charge in [-0.15, -0.1) is 13.2 Å². The summed E-state index contributed by atoms with van der Waals surface area (Å²) in [5, 5.41) is 3.02. The van der Waals surface area contributed by atoms with E-state index in [1.165, 1.54) is 18.2 Å². The molecule has 0 aliphatic rings. The van der Waals surface area contributed by atoms with Gasteiger partial charge in [0.2, 0.25) is 0 Å². The van der Waals surface area contributed by atoms with Crippen LogP contribution in [0.15, 0.2) is 48.5 Å². The summed E-state index contributed by atoms with van der Waals surface area (Å²) in [5.74, 6) is -0.245. The van der Waals surface area contributed by atoms with E-state index < -0.39 is 6.36 Å². The number of alkyl halides is 3. The van der Waals surface area contributed by atoms with Gasteiger partial charge < -0.3 is 10.1 Å². The van der Waals surface area contributed by atoms with Crippen molar-refractivity contribution < 1.29 is 17.9 Å². The van der Waals surface area contributed by atoms with E-state index in [0.717, 1.165) is 11.3 Å². The van der Waals surface area contributed by atoms with Gasteiger partial charge >= 0.3 is 6.36 Å². The molecule has 0 saturated carbocycles. The summed E-state index contributed by atoms with van der Waals surface area (Å²) < 4.78 is 40.2. The molecule has 19 heavy (non-hydrogen) atoms. The molecule has 0 heterocycles. The molecule has 0 fully saturated rings. The molecular weight excluding hydrogens is 255 g/mol. The highest BCUT2D eigenvalue weighted by atomic mass is 19.4. The molecule has 2 aromatic rings. The maximum absolute atomic E-state index is 12.1. The molecule has 100 valence electrons. The lowest BCUT2D eigenvalue weighted by Crippen LogP contribution is -2.17. The predicted molar refractivity (Wildman–Crippen MR) is 67.6 cm³/mol. The molecule has 2 aromatic carbocycles. The number of nitrogens with one attached hydrogen (secondary N) is 1. The van der Waals surface area contributed by atoms with Gasteiger partial charge in [0.05, 0.1) is 0 Å². The number of aryl methyl sites for hydroxylation is 1. The Balaban J connectivity index is 2.15. The minimum atomic E-state index is -4.68. The van der Waals surface area contributed by atoms with Gasteiger partial charge in [-0.05, 0) is 36.8 Å². The lowest BCUT2D eigenvalue weighted by atomic mass is 10.2. The molecule has 0 aromatic heterocycles. The van der Waals surface area contributed by atoms with Crippen molar-refractivity contribution in [3.8, 4) is 5.75 Å². The SMILES string of the molecule is Cc1cccc(Nc2cccc(OC(F)(F)F)c2)c1. The topological polar surface area (TPSA) is 21.3 Å². The molecule has 0 aliphatic heterocycles. The first-order chi connectivity index (χ1) is 8.92. The summed E-state index contributed by atoms with van der Waals surface area (Å²) in [6, 6.07) is 13.3. The van der Waals surface area contributed by atoms with Crippen LogP contribution in [0.2, 0.25) is 0 Å². The molecule has 2 rings (SSSR count). The molecule has 0 amide bonds. The lowest BCUT2D eigenvalue weighted by molar-refractivity contribution is -0.274. The van der Waals surface area contributed by atoms with E-state index in [1.54, 1.807) is 6.07 Å². The van der Waals surface area contributed by atoms with Gasteiger partial charge in [0.25, 0.3) is 0 Å². The molecule has 1 N–H and O–H groups in total. The fourth-order valence-corrected chi connectivity index (χ4v) is 1.66. The van der Waals surface area contributed by atoms with Crippen molar-refractivity contribution in [2.45, 2.75) is 13.3 Å². The van der Waals surface area contributed by atoms with E-state index in [-0.39, 0.29) is 5.75 Å². The van der Waals surface area contributed by atoms with Gasteiger partial charge in [-0.25, -0.2) is 0 Å². The van der Waals surface area contributed by atoms with E-state index in [9.17, 15) is 13.2 Å². The van der Waals surface area contributed by atoms with Crippen LogP contribution in [-0.2, 0) is 0 Å². The Morgan fingerprint density at radius 3 is 2.21 bits per heavy atom. The van der Waals surface area contributed by atoms with Crippen molar-refractivity contribution in [1.82, 2.24) is 0 Å². The standard InChI is InChI=1S/C14H12F3NO/c1-10-4-2-5-11(8-10)18-12-6-3-7-13(9-12)19-14(15,16)17/h2-9,18H,1H3. The van der Waals surface area contributed by atoms with Gasteiger partial charge in [0.1, 0.15) is 5.75 Å². The smallest absolute Gasteiger partial charge is 0.406 e. The Morgan fingerprint density at radius 1 is 0.947 bits per heavy atom. The summed E-state index contributed by atoms with van der Waals surface area (Å²) >= 11 is 0.